The average molecular weight is 120 g/mol. The monoisotopic (exact) mass is 120 g/mol. The highest BCUT2D eigenvalue weighted by atomic mass is 16.1. The van der Waals surface area contributed by atoms with Crippen LogP contribution in [0, 0.1) is 11.8 Å². The van der Waals surface area contributed by atoms with Gasteiger partial charge in [0.1, 0.15) is 0 Å². The topological polar surface area (TPSA) is 45.8 Å². The predicted molar refractivity (Wildman–Crippen MR) is 31.5 cm³/mol. The van der Waals surface area contributed by atoms with Gasteiger partial charge in [0.25, 0.3) is 0 Å². The van der Waals surface area contributed by atoms with Crippen LogP contribution in [0.1, 0.15) is 5.56 Å². The molecule has 0 fully saturated rings. The Bertz CT molecular complexity index is 240. The van der Waals surface area contributed by atoms with E-state index >= 15 is 0 Å². The number of nitrogens with zero attached hydrogens (tertiary/aromatic N) is 1. The van der Waals surface area contributed by atoms with Crippen molar-refractivity contribution in [1.29, 1.82) is 0 Å². The van der Waals surface area contributed by atoms with E-state index in [1.54, 1.807) is 12.4 Å². The third-order valence-electron chi connectivity index (χ3n) is 0.774. The molecule has 0 amide bonds. The van der Waals surface area contributed by atoms with Crippen molar-refractivity contribution in [2.24, 2.45) is 0 Å². The quantitative estimate of drug-likeness (QED) is 0.385. The highest BCUT2D eigenvalue weighted by Gasteiger charge is 1.81. The molecule has 1 aromatic heterocycles. The number of hydrogen-bond donors (Lipinski definition) is 1. The average Bonchev–Trinajstić information content (AvgIpc) is 2.34. The maximum atomic E-state index is 9.70. The first kappa shape index (κ1) is 5.57. The van der Waals surface area contributed by atoms with E-state index in [1.807, 2.05) is 0 Å². The molecule has 0 unspecified atom stereocenters. The zero-order valence-electron chi connectivity index (χ0n) is 4.59. The van der Waals surface area contributed by atoms with Crippen molar-refractivity contribution in [1.82, 2.24) is 10.2 Å². The van der Waals surface area contributed by atoms with Crippen molar-refractivity contribution in [3.8, 4) is 11.8 Å². The predicted octanol–water partition coefficient (Wildman–Crippen LogP) is -0.0399. The smallest absolute Gasteiger partial charge is 0.193 e. The summed E-state index contributed by atoms with van der Waals surface area (Å²) in [7, 11) is 0. The van der Waals surface area contributed by atoms with Crippen LogP contribution in [0.15, 0.2) is 12.4 Å². The SMILES string of the molecule is O=CC#Cc1cn[nH]c1. The van der Waals surface area contributed by atoms with Gasteiger partial charge in [0.05, 0.1) is 11.8 Å². The third-order valence-corrected chi connectivity index (χ3v) is 0.774. The van der Waals surface area contributed by atoms with Crippen molar-refractivity contribution in [2.75, 3.05) is 0 Å². The van der Waals surface area contributed by atoms with Gasteiger partial charge in [0.15, 0.2) is 6.29 Å². The highest BCUT2D eigenvalue weighted by molar-refractivity contribution is 5.73. The van der Waals surface area contributed by atoms with E-state index in [4.69, 9.17) is 0 Å². The van der Waals surface area contributed by atoms with Crippen LogP contribution in [0.2, 0.25) is 0 Å². The Morgan fingerprint density at radius 3 is 3.22 bits per heavy atom. The van der Waals surface area contributed by atoms with E-state index in [2.05, 4.69) is 22.0 Å². The second-order valence-corrected chi connectivity index (χ2v) is 1.37. The fraction of sp³-hybridized carbons (Fsp3) is 0. The van der Waals surface area contributed by atoms with Crippen LogP contribution in [0.3, 0.4) is 0 Å². The van der Waals surface area contributed by atoms with Crippen LogP contribution in [-0.4, -0.2) is 16.5 Å². The van der Waals surface area contributed by atoms with E-state index in [0.29, 0.717) is 6.29 Å². The summed E-state index contributed by atoms with van der Waals surface area (Å²) >= 11 is 0. The lowest BCUT2D eigenvalue weighted by Gasteiger charge is -1.67. The van der Waals surface area contributed by atoms with Gasteiger partial charge in [-0.3, -0.25) is 9.89 Å². The van der Waals surface area contributed by atoms with Gasteiger partial charge in [0, 0.05) is 6.20 Å². The van der Waals surface area contributed by atoms with Gasteiger partial charge < -0.3 is 0 Å². The largest absolute Gasteiger partial charge is 0.289 e. The molecule has 0 aliphatic carbocycles. The standard InChI is InChI=1S/C6H4N2O/c9-3-1-2-6-4-7-8-5-6/h3-5H,(H,7,8). The van der Waals surface area contributed by atoms with Gasteiger partial charge in [-0.15, -0.1) is 0 Å². The molecule has 1 heterocycles. The van der Waals surface area contributed by atoms with Gasteiger partial charge >= 0.3 is 0 Å². The van der Waals surface area contributed by atoms with Crippen molar-refractivity contribution in [3.63, 3.8) is 0 Å². The summed E-state index contributed by atoms with van der Waals surface area (Å²) in [5.41, 5.74) is 0.724. The summed E-state index contributed by atoms with van der Waals surface area (Å²) in [6.45, 7) is 0. The molecule has 0 saturated heterocycles. The molecular formula is C6H4N2O. The normalized spacial score (nSPS) is 7.56. The number of rotatable bonds is 0. The van der Waals surface area contributed by atoms with E-state index in [0.717, 1.165) is 5.56 Å². The van der Waals surface area contributed by atoms with Crippen molar-refractivity contribution in [2.45, 2.75) is 0 Å². The maximum absolute atomic E-state index is 9.70. The number of aromatic nitrogens is 2. The number of aromatic amines is 1. The summed E-state index contributed by atoms with van der Waals surface area (Å²) in [6, 6.07) is 0. The van der Waals surface area contributed by atoms with Crippen molar-refractivity contribution >= 4 is 6.29 Å². The molecule has 3 nitrogen and oxygen atoms in total. The Morgan fingerprint density at radius 1 is 1.78 bits per heavy atom. The first-order chi connectivity index (χ1) is 4.43. The molecule has 0 saturated carbocycles. The zero-order valence-corrected chi connectivity index (χ0v) is 4.59. The van der Waals surface area contributed by atoms with Crippen molar-refractivity contribution in [3.05, 3.63) is 18.0 Å². The second-order valence-electron chi connectivity index (χ2n) is 1.37. The van der Waals surface area contributed by atoms with Gasteiger partial charge in [-0.1, -0.05) is 5.92 Å². The van der Waals surface area contributed by atoms with Gasteiger partial charge in [-0.25, -0.2) is 0 Å². The van der Waals surface area contributed by atoms with Crippen LogP contribution in [0.4, 0.5) is 0 Å². The van der Waals surface area contributed by atoms with Crippen LogP contribution < -0.4 is 0 Å². The van der Waals surface area contributed by atoms with Crippen LogP contribution in [-0.2, 0) is 4.79 Å². The molecule has 0 aliphatic heterocycles. The molecule has 0 radical (unpaired) electrons. The molecule has 0 spiro atoms. The molecule has 9 heavy (non-hydrogen) atoms. The minimum Gasteiger partial charge on any atom is -0.289 e. The van der Waals surface area contributed by atoms with Crippen LogP contribution in [0.5, 0.6) is 0 Å². The Morgan fingerprint density at radius 2 is 2.67 bits per heavy atom. The number of H-pyrrole nitrogens is 1. The lowest BCUT2D eigenvalue weighted by molar-refractivity contribution is -0.103. The zero-order chi connectivity index (χ0) is 6.53. The number of nitrogens with one attached hydrogen (secondary N) is 1. The number of carbonyl (C=O) groups excluding carboxylic acids is 1. The molecule has 1 N–H and O–H groups in total. The number of aldehydes is 1. The van der Waals surface area contributed by atoms with Crippen LogP contribution in [0.25, 0.3) is 0 Å². The molecule has 0 atom stereocenters. The summed E-state index contributed by atoms with van der Waals surface area (Å²) in [5, 5.41) is 6.20. The molecular weight excluding hydrogens is 116 g/mol. The van der Waals surface area contributed by atoms with Gasteiger partial charge in [-0.05, 0) is 5.92 Å². The van der Waals surface area contributed by atoms with Gasteiger partial charge in [0.2, 0.25) is 0 Å². The summed E-state index contributed by atoms with van der Waals surface area (Å²) in [6.07, 6.45) is 3.72. The third kappa shape index (κ3) is 1.42. The Balaban J connectivity index is 2.78. The Labute approximate surface area is 52.1 Å². The summed E-state index contributed by atoms with van der Waals surface area (Å²) in [4.78, 5) is 9.70. The van der Waals surface area contributed by atoms with E-state index in [1.165, 1.54) is 0 Å². The van der Waals surface area contributed by atoms with Gasteiger partial charge in [-0.2, -0.15) is 5.10 Å². The second kappa shape index (κ2) is 2.68. The fourth-order valence-electron chi connectivity index (χ4n) is 0.432. The molecule has 0 aromatic carbocycles. The minimum absolute atomic E-state index is 0.549. The highest BCUT2D eigenvalue weighted by Crippen LogP contribution is 1.86. The van der Waals surface area contributed by atoms with E-state index in [-0.39, 0.29) is 0 Å². The van der Waals surface area contributed by atoms with Crippen LogP contribution >= 0.6 is 0 Å². The van der Waals surface area contributed by atoms with E-state index in [9.17, 15) is 4.79 Å². The number of hydrogen-bond acceptors (Lipinski definition) is 2. The van der Waals surface area contributed by atoms with Crippen molar-refractivity contribution < 1.29 is 4.79 Å². The van der Waals surface area contributed by atoms with E-state index < -0.39 is 0 Å². The Kier molecular flexibility index (Phi) is 1.66. The fourth-order valence-corrected chi connectivity index (χ4v) is 0.432. The molecule has 1 rings (SSSR count). The maximum Gasteiger partial charge on any atom is 0.193 e. The summed E-state index contributed by atoms with van der Waals surface area (Å²) in [5.74, 6) is 4.82. The molecule has 3 heteroatoms. The lowest BCUT2D eigenvalue weighted by atomic mass is 10.4. The summed E-state index contributed by atoms with van der Waals surface area (Å²) < 4.78 is 0. The Hall–Kier alpha value is -1.56. The number of carbonyl (C=O) groups is 1. The molecule has 0 bridgehead atoms. The minimum atomic E-state index is 0.549. The molecule has 1 aromatic rings. The molecule has 0 aliphatic rings. The molecule has 44 valence electrons. The first-order valence-corrected chi connectivity index (χ1v) is 2.37. The first-order valence-electron chi connectivity index (χ1n) is 2.37. The lowest BCUT2D eigenvalue weighted by Crippen LogP contribution is -1.64.